The van der Waals surface area contributed by atoms with Crippen LogP contribution in [0.4, 0.5) is 0 Å². The summed E-state index contributed by atoms with van der Waals surface area (Å²) in [5.41, 5.74) is 0.398. The molecular weight excluding hydrogens is 356 g/mol. The topological polar surface area (TPSA) is 79.3 Å². The molecule has 8 heteroatoms. The fourth-order valence-electron chi connectivity index (χ4n) is 2.66. The second-order valence-electron chi connectivity index (χ2n) is 5.50. The van der Waals surface area contributed by atoms with Gasteiger partial charge in [0.25, 0.3) is 5.91 Å². The van der Waals surface area contributed by atoms with Gasteiger partial charge in [-0.3, -0.25) is 9.59 Å². The summed E-state index contributed by atoms with van der Waals surface area (Å²) in [6.45, 7) is 0. The lowest BCUT2D eigenvalue weighted by Crippen LogP contribution is -2.38. The van der Waals surface area contributed by atoms with Crippen LogP contribution in [0.15, 0.2) is 17.5 Å². The highest BCUT2D eigenvalue weighted by atomic mass is 35.5. The smallest absolute Gasteiger partial charge is 0.306 e. The molecule has 1 aliphatic rings. The van der Waals surface area contributed by atoms with Crippen molar-refractivity contribution in [3.8, 4) is 9.88 Å². The average molecular weight is 371 g/mol. The van der Waals surface area contributed by atoms with E-state index in [4.69, 9.17) is 16.7 Å². The van der Waals surface area contributed by atoms with Crippen LogP contribution >= 0.6 is 34.3 Å². The molecule has 0 unspecified atom stereocenters. The number of carboxylic acids is 1. The lowest BCUT2D eigenvalue weighted by atomic mass is 9.86. The van der Waals surface area contributed by atoms with E-state index in [9.17, 15) is 9.59 Å². The van der Waals surface area contributed by atoms with Gasteiger partial charge < -0.3 is 10.4 Å². The van der Waals surface area contributed by atoms with Gasteiger partial charge in [0, 0.05) is 11.4 Å². The molecule has 122 valence electrons. The molecule has 2 heterocycles. The standard InChI is InChI=1S/C15H15ClN2O3S2/c16-12-6-5-11(23-12)14-18-10(7-22-14)13(19)17-9-3-1-8(2-4-9)15(20)21/h5-9H,1-4H2,(H,17,19)(H,20,21). The Morgan fingerprint density at radius 3 is 2.61 bits per heavy atom. The summed E-state index contributed by atoms with van der Waals surface area (Å²) >= 11 is 8.76. The molecule has 0 saturated heterocycles. The number of hydrogen-bond donors (Lipinski definition) is 2. The third-order valence-electron chi connectivity index (χ3n) is 3.93. The Bertz CT molecular complexity index is 720. The quantitative estimate of drug-likeness (QED) is 0.855. The molecule has 5 nitrogen and oxygen atoms in total. The molecule has 23 heavy (non-hydrogen) atoms. The summed E-state index contributed by atoms with van der Waals surface area (Å²) in [5.74, 6) is -1.22. The number of rotatable bonds is 4. The van der Waals surface area contributed by atoms with Gasteiger partial charge in [-0.1, -0.05) is 11.6 Å². The number of amides is 1. The summed E-state index contributed by atoms with van der Waals surface area (Å²) < 4.78 is 0.691. The monoisotopic (exact) mass is 370 g/mol. The number of carboxylic acid groups (broad SMARTS) is 1. The van der Waals surface area contributed by atoms with Crippen molar-refractivity contribution in [1.29, 1.82) is 0 Å². The van der Waals surface area contributed by atoms with Crippen LogP contribution in [0.1, 0.15) is 36.2 Å². The van der Waals surface area contributed by atoms with Gasteiger partial charge in [0.2, 0.25) is 0 Å². The van der Waals surface area contributed by atoms with E-state index in [1.54, 1.807) is 5.38 Å². The largest absolute Gasteiger partial charge is 0.481 e. The molecule has 1 fully saturated rings. The Balaban J connectivity index is 1.59. The second-order valence-corrected chi connectivity index (χ2v) is 8.08. The van der Waals surface area contributed by atoms with E-state index in [0.29, 0.717) is 35.7 Å². The van der Waals surface area contributed by atoms with E-state index in [1.807, 2.05) is 12.1 Å². The van der Waals surface area contributed by atoms with Gasteiger partial charge in [-0.25, -0.2) is 4.98 Å². The first-order chi connectivity index (χ1) is 11.0. The second kappa shape index (κ2) is 6.98. The minimum absolute atomic E-state index is 0.0273. The molecular formula is C15H15ClN2O3S2. The van der Waals surface area contributed by atoms with Gasteiger partial charge >= 0.3 is 5.97 Å². The summed E-state index contributed by atoms with van der Waals surface area (Å²) in [4.78, 5) is 28.5. The fraction of sp³-hybridized carbons (Fsp3) is 0.400. The van der Waals surface area contributed by atoms with E-state index in [1.165, 1.54) is 22.7 Å². The van der Waals surface area contributed by atoms with Crippen molar-refractivity contribution in [2.24, 2.45) is 5.92 Å². The van der Waals surface area contributed by atoms with Crippen LogP contribution in [0.3, 0.4) is 0 Å². The minimum atomic E-state index is -0.742. The van der Waals surface area contributed by atoms with Crippen molar-refractivity contribution in [2.45, 2.75) is 31.7 Å². The minimum Gasteiger partial charge on any atom is -0.481 e. The number of hydrogen-bond acceptors (Lipinski definition) is 5. The number of nitrogens with zero attached hydrogens (tertiary/aromatic N) is 1. The van der Waals surface area contributed by atoms with E-state index < -0.39 is 5.97 Å². The molecule has 0 aromatic carbocycles. The molecule has 0 radical (unpaired) electrons. The maximum Gasteiger partial charge on any atom is 0.306 e. The number of thiophene rings is 1. The first-order valence-electron chi connectivity index (χ1n) is 7.28. The molecule has 2 N–H and O–H groups in total. The van der Waals surface area contributed by atoms with Crippen LogP contribution in [0.25, 0.3) is 9.88 Å². The van der Waals surface area contributed by atoms with Gasteiger partial charge in [-0.05, 0) is 37.8 Å². The van der Waals surface area contributed by atoms with Gasteiger partial charge in [0.15, 0.2) is 0 Å². The van der Waals surface area contributed by atoms with Crippen LogP contribution < -0.4 is 5.32 Å². The van der Waals surface area contributed by atoms with Crippen molar-refractivity contribution in [1.82, 2.24) is 10.3 Å². The number of aromatic nitrogens is 1. The molecule has 2 aromatic rings. The molecule has 1 amide bonds. The first kappa shape index (κ1) is 16.4. The van der Waals surface area contributed by atoms with Crippen LogP contribution in [-0.4, -0.2) is 28.0 Å². The van der Waals surface area contributed by atoms with Crippen LogP contribution in [-0.2, 0) is 4.79 Å². The Morgan fingerprint density at radius 2 is 2.00 bits per heavy atom. The Labute approximate surface area is 146 Å². The van der Waals surface area contributed by atoms with E-state index in [-0.39, 0.29) is 17.9 Å². The molecule has 2 aromatic heterocycles. The Hall–Kier alpha value is -1.44. The highest BCUT2D eigenvalue weighted by molar-refractivity contribution is 7.23. The summed E-state index contributed by atoms with van der Waals surface area (Å²) in [5, 5.41) is 14.5. The SMILES string of the molecule is O=C(NC1CCC(C(=O)O)CC1)c1csc(-c2ccc(Cl)s2)n1. The molecule has 3 rings (SSSR count). The van der Waals surface area contributed by atoms with Crippen LogP contribution in [0, 0.1) is 5.92 Å². The zero-order valence-electron chi connectivity index (χ0n) is 12.1. The lowest BCUT2D eigenvalue weighted by molar-refractivity contribution is -0.142. The van der Waals surface area contributed by atoms with Crippen molar-refractivity contribution in [2.75, 3.05) is 0 Å². The number of nitrogens with one attached hydrogen (secondary N) is 1. The van der Waals surface area contributed by atoms with E-state index >= 15 is 0 Å². The van der Waals surface area contributed by atoms with Gasteiger partial charge in [-0.2, -0.15) is 0 Å². The summed E-state index contributed by atoms with van der Waals surface area (Å²) in [7, 11) is 0. The summed E-state index contributed by atoms with van der Waals surface area (Å²) in [6, 6.07) is 3.73. The van der Waals surface area contributed by atoms with Gasteiger partial charge in [0.05, 0.1) is 15.1 Å². The number of carbonyl (C=O) groups is 2. The predicted molar refractivity (Wildman–Crippen MR) is 91.3 cm³/mol. The molecule has 0 aliphatic heterocycles. The van der Waals surface area contributed by atoms with Crippen LogP contribution in [0.2, 0.25) is 4.34 Å². The zero-order chi connectivity index (χ0) is 16.4. The Morgan fingerprint density at radius 1 is 1.26 bits per heavy atom. The maximum atomic E-state index is 12.3. The normalized spacial score (nSPS) is 21.1. The van der Waals surface area contributed by atoms with Crippen molar-refractivity contribution in [3.05, 3.63) is 27.5 Å². The van der Waals surface area contributed by atoms with Gasteiger partial charge in [0.1, 0.15) is 10.7 Å². The van der Waals surface area contributed by atoms with Crippen molar-refractivity contribution < 1.29 is 14.7 Å². The molecule has 0 bridgehead atoms. The molecule has 1 aliphatic carbocycles. The zero-order valence-corrected chi connectivity index (χ0v) is 14.5. The summed E-state index contributed by atoms with van der Waals surface area (Å²) in [6.07, 6.45) is 2.60. The average Bonchev–Trinajstić information content (AvgIpc) is 3.16. The maximum absolute atomic E-state index is 12.3. The lowest BCUT2D eigenvalue weighted by Gasteiger charge is -2.26. The van der Waals surface area contributed by atoms with E-state index in [0.717, 1.165) is 9.88 Å². The fourth-order valence-corrected chi connectivity index (χ4v) is 4.58. The number of halogens is 1. The van der Waals surface area contributed by atoms with Gasteiger partial charge in [-0.15, -0.1) is 22.7 Å². The molecule has 0 atom stereocenters. The predicted octanol–water partition coefficient (Wildman–Crippen LogP) is 3.90. The number of thiazole rings is 1. The van der Waals surface area contributed by atoms with Crippen molar-refractivity contribution >= 4 is 46.2 Å². The third kappa shape index (κ3) is 3.91. The molecule has 1 saturated carbocycles. The van der Waals surface area contributed by atoms with Crippen molar-refractivity contribution in [3.63, 3.8) is 0 Å². The Kier molecular flexibility index (Phi) is 4.99. The van der Waals surface area contributed by atoms with E-state index in [2.05, 4.69) is 10.3 Å². The number of aliphatic carboxylic acids is 1. The number of carbonyl (C=O) groups excluding carboxylic acids is 1. The highest BCUT2D eigenvalue weighted by Crippen LogP contribution is 2.33. The van der Waals surface area contributed by atoms with Crippen LogP contribution in [0.5, 0.6) is 0 Å². The first-order valence-corrected chi connectivity index (χ1v) is 9.35. The highest BCUT2D eigenvalue weighted by Gasteiger charge is 2.27. The molecule has 0 spiro atoms. The third-order valence-corrected chi connectivity index (χ3v) is 6.18.